The third-order valence-corrected chi connectivity index (χ3v) is 6.12. The average Bonchev–Trinajstić information content (AvgIpc) is 2.78. The van der Waals surface area contributed by atoms with Gasteiger partial charge in [-0.05, 0) is 49.4 Å². The molecule has 0 atom stereocenters. The number of Topliss-reactive ketones (excluding diaryl/α,β-unsaturated/α-hetero) is 1. The lowest BCUT2D eigenvalue weighted by atomic mass is 10.1. The molecule has 1 amide bonds. The molecule has 3 aromatic rings. The highest BCUT2D eigenvalue weighted by Crippen LogP contribution is 2.31. The number of fused-ring (bicyclic) bond motifs is 2. The van der Waals surface area contributed by atoms with E-state index in [0.717, 1.165) is 48.5 Å². The maximum Gasteiger partial charge on any atom is 0.262 e. The van der Waals surface area contributed by atoms with E-state index in [4.69, 9.17) is 16.3 Å². The number of nitrogens with one attached hydrogen (secondary N) is 1. The summed E-state index contributed by atoms with van der Waals surface area (Å²) >= 11 is 6.36. The first-order chi connectivity index (χ1) is 15.5. The lowest BCUT2D eigenvalue weighted by molar-refractivity contribution is -0.118. The number of halogens is 2. The van der Waals surface area contributed by atoms with Gasteiger partial charge < -0.3 is 15.0 Å². The molecule has 1 N–H and O–H groups in total. The summed E-state index contributed by atoms with van der Waals surface area (Å²) in [6, 6.07) is 13.2. The number of ketones is 1. The predicted octanol–water partition coefficient (Wildman–Crippen LogP) is 3.95. The number of benzene rings is 2. The molecule has 1 fully saturated rings. The van der Waals surface area contributed by atoms with Crippen molar-refractivity contribution in [2.75, 3.05) is 49.5 Å². The van der Waals surface area contributed by atoms with Crippen molar-refractivity contribution in [2.24, 2.45) is 0 Å². The second-order valence-corrected chi connectivity index (χ2v) is 8.61. The van der Waals surface area contributed by atoms with Gasteiger partial charge in [0, 0.05) is 53.5 Å². The van der Waals surface area contributed by atoms with Crippen LogP contribution in [-0.2, 0) is 4.79 Å². The first kappa shape index (κ1) is 23.3. The van der Waals surface area contributed by atoms with Gasteiger partial charge in [-0.2, -0.15) is 0 Å². The maximum absolute atomic E-state index is 12.8. The molecule has 33 heavy (non-hydrogen) atoms. The molecular weight excluding hydrogens is 463 g/mol. The Bertz CT molecular complexity index is 1220. The van der Waals surface area contributed by atoms with Gasteiger partial charge in [-0.1, -0.05) is 11.6 Å². The Kier molecular flexibility index (Phi) is 6.74. The van der Waals surface area contributed by atoms with E-state index < -0.39 is 0 Å². The van der Waals surface area contributed by atoms with Crippen LogP contribution in [-0.4, -0.2) is 60.9 Å². The molecule has 0 bridgehead atoms. The molecule has 0 saturated carbocycles. The van der Waals surface area contributed by atoms with Crippen molar-refractivity contribution in [1.29, 1.82) is 0 Å². The van der Waals surface area contributed by atoms with E-state index in [1.165, 1.54) is 0 Å². The molecule has 1 aromatic heterocycles. The fourth-order valence-corrected chi connectivity index (χ4v) is 4.45. The normalized spacial score (nSPS) is 15.9. The topological polar surface area (TPSA) is 74.8 Å². The van der Waals surface area contributed by atoms with E-state index in [-0.39, 0.29) is 30.7 Å². The standard InChI is InChI=1S/C24H23ClN4O3.ClH/c1-15-2-4-18-19(26-15)11-17(25)12-21(18)29-8-6-28(7-9-29)13-22(30)16-3-5-23-20(10-16)27-24(31)14-32-23;/h2-5,10-12H,6-9,13-14H2,1H3,(H,27,31);1H. The number of amides is 1. The molecule has 172 valence electrons. The van der Waals surface area contributed by atoms with Crippen LogP contribution in [0.25, 0.3) is 10.9 Å². The van der Waals surface area contributed by atoms with Crippen molar-refractivity contribution < 1.29 is 14.3 Å². The van der Waals surface area contributed by atoms with E-state index >= 15 is 0 Å². The smallest absolute Gasteiger partial charge is 0.262 e. The quantitative estimate of drug-likeness (QED) is 0.562. The van der Waals surface area contributed by atoms with Crippen LogP contribution < -0.4 is 15.0 Å². The van der Waals surface area contributed by atoms with Gasteiger partial charge >= 0.3 is 0 Å². The maximum atomic E-state index is 12.8. The van der Waals surface area contributed by atoms with Gasteiger partial charge in [0.1, 0.15) is 5.75 Å². The summed E-state index contributed by atoms with van der Waals surface area (Å²) in [6.07, 6.45) is 0. The number of rotatable bonds is 4. The van der Waals surface area contributed by atoms with Gasteiger partial charge in [0.2, 0.25) is 0 Å². The number of anilines is 2. The highest BCUT2D eigenvalue weighted by molar-refractivity contribution is 6.31. The number of carbonyl (C=O) groups excluding carboxylic acids is 2. The van der Waals surface area contributed by atoms with E-state index in [2.05, 4.69) is 26.2 Å². The molecule has 1 saturated heterocycles. The molecule has 5 rings (SSSR count). The monoisotopic (exact) mass is 486 g/mol. The van der Waals surface area contributed by atoms with Crippen molar-refractivity contribution in [3.63, 3.8) is 0 Å². The summed E-state index contributed by atoms with van der Waals surface area (Å²) in [5.74, 6) is 0.402. The molecule has 2 aliphatic heterocycles. The third kappa shape index (κ3) is 4.90. The summed E-state index contributed by atoms with van der Waals surface area (Å²) in [7, 11) is 0. The van der Waals surface area contributed by atoms with E-state index in [9.17, 15) is 9.59 Å². The minimum Gasteiger partial charge on any atom is -0.482 e. The first-order valence-electron chi connectivity index (χ1n) is 10.6. The van der Waals surface area contributed by atoms with Gasteiger partial charge in [-0.25, -0.2) is 0 Å². The molecule has 0 spiro atoms. The predicted molar refractivity (Wildman–Crippen MR) is 132 cm³/mol. The fourth-order valence-electron chi connectivity index (χ4n) is 4.24. The first-order valence-corrected chi connectivity index (χ1v) is 11.0. The highest BCUT2D eigenvalue weighted by atomic mass is 35.5. The van der Waals surface area contributed by atoms with Crippen molar-refractivity contribution >= 4 is 58.0 Å². The molecule has 7 nitrogen and oxygen atoms in total. The van der Waals surface area contributed by atoms with Crippen molar-refractivity contribution in [1.82, 2.24) is 9.88 Å². The average molecular weight is 487 g/mol. The van der Waals surface area contributed by atoms with E-state index in [0.29, 0.717) is 28.6 Å². The number of hydrogen-bond donors (Lipinski definition) is 1. The second kappa shape index (κ2) is 9.55. The van der Waals surface area contributed by atoms with Gasteiger partial charge in [-0.15, -0.1) is 12.4 Å². The number of ether oxygens (including phenoxy) is 1. The zero-order valence-corrected chi connectivity index (χ0v) is 19.7. The Morgan fingerprint density at radius 3 is 2.70 bits per heavy atom. The summed E-state index contributed by atoms with van der Waals surface area (Å²) in [5.41, 5.74) is 4.06. The minimum atomic E-state index is -0.211. The molecule has 0 unspecified atom stereocenters. The number of pyridine rings is 1. The van der Waals surface area contributed by atoms with Crippen LogP contribution in [0.15, 0.2) is 42.5 Å². The molecule has 2 aliphatic rings. The summed E-state index contributed by atoms with van der Waals surface area (Å²) < 4.78 is 5.37. The molecule has 9 heteroatoms. The number of piperazine rings is 1. The number of carbonyl (C=O) groups is 2. The largest absolute Gasteiger partial charge is 0.482 e. The Morgan fingerprint density at radius 2 is 1.91 bits per heavy atom. The lowest BCUT2D eigenvalue weighted by Gasteiger charge is -2.36. The third-order valence-electron chi connectivity index (χ3n) is 5.90. The summed E-state index contributed by atoms with van der Waals surface area (Å²) in [4.78, 5) is 33.5. The van der Waals surface area contributed by atoms with Gasteiger partial charge in [0.25, 0.3) is 5.91 Å². The molecular formula is C24H24Cl2N4O3. The van der Waals surface area contributed by atoms with Crippen LogP contribution in [0.1, 0.15) is 16.1 Å². The summed E-state index contributed by atoms with van der Waals surface area (Å²) in [5, 5.41) is 4.51. The lowest BCUT2D eigenvalue weighted by Crippen LogP contribution is -2.48. The Hall–Kier alpha value is -2.87. The zero-order chi connectivity index (χ0) is 22.2. The number of nitrogens with zero attached hydrogens (tertiary/aromatic N) is 3. The number of hydrogen-bond acceptors (Lipinski definition) is 6. The van der Waals surface area contributed by atoms with E-state index in [1.807, 2.05) is 25.1 Å². The van der Waals surface area contributed by atoms with Crippen LogP contribution in [0.5, 0.6) is 5.75 Å². The van der Waals surface area contributed by atoms with Crippen molar-refractivity contribution in [2.45, 2.75) is 6.92 Å². The van der Waals surface area contributed by atoms with Crippen molar-refractivity contribution in [3.8, 4) is 5.75 Å². The molecule has 0 radical (unpaired) electrons. The molecule has 2 aromatic carbocycles. The van der Waals surface area contributed by atoms with E-state index in [1.54, 1.807) is 18.2 Å². The molecule has 0 aliphatic carbocycles. The Morgan fingerprint density at radius 1 is 1.12 bits per heavy atom. The summed E-state index contributed by atoms with van der Waals surface area (Å²) in [6.45, 7) is 5.43. The van der Waals surface area contributed by atoms with Crippen LogP contribution in [0, 0.1) is 6.92 Å². The van der Waals surface area contributed by atoms with Gasteiger partial charge in [0.15, 0.2) is 12.4 Å². The minimum absolute atomic E-state index is 0. The van der Waals surface area contributed by atoms with Crippen LogP contribution in [0.4, 0.5) is 11.4 Å². The van der Waals surface area contributed by atoms with Crippen LogP contribution in [0.3, 0.4) is 0 Å². The van der Waals surface area contributed by atoms with Crippen LogP contribution >= 0.6 is 24.0 Å². The number of aromatic nitrogens is 1. The molecule has 3 heterocycles. The Labute approximate surface area is 203 Å². The highest BCUT2D eigenvalue weighted by Gasteiger charge is 2.23. The fraction of sp³-hybridized carbons (Fsp3) is 0.292. The van der Waals surface area contributed by atoms with Crippen molar-refractivity contribution in [3.05, 3.63) is 58.7 Å². The van der Waals surface area contributed by atoms with Gasteiger partial charge in [-0.3, -0.25) is 19.5 Å². The van der Waals surface area contributed by atoms with Crippen LogP contribution in [0.2, 0.25) is 5.02 Å². The van der Waals surface area contributed by atoms with Gasteiger partial charge in [0.05, 0.1) is 17.7 Å². The SMILES string of the molecule is Cc1ccc2c(N3CCN(CC(=O)c4ccc5c(c4)NC(=O)CO5)CC3)cc(Cl)cc2n1.Cl. The number of aryl methyl sites for hydroxylation is 1. The second-order valence-electron chi connectivity index (χ2n) is 8.18. The Balaban J connectivity index is 0.00000259. The zero-order valence-electron chi connectivity index (χ0n) is 18.1.